The van der Waals surface area contributed by atoms with Gasteiger partial charge in [-0.2, -0.15) is 5.10 Å². The van der Waals surface area contributed by atoms with Crippen LogP contribution in [-0.4, -0.2) is 40.9 Å². The topological polar surface area (TPSA) is 33.1 Å². The molecule has 0 aromatic carbocycles. The SMILES string of the molecule is CCCn1nccc1CNCC1(N(C)C)CCC1. The molecule has 1 aromatic rings. The molecule has 1 aliphatic rings. The van der Waals surface area contributed by atoms with E-state index in [0.29, 0.717) is 5.54 Å². The molecule has 0 amide bonds. The maximum absolute atomic E-state index is 4.36. The minimum Gasteiger partial charge on any atom is -0.309 e. The average Bonchev–Trinajstić information content (AvgIpc) is 2.70. The molecule has 0 radical (unpaired) electrons. The van der Waals surface area contributed by atoms with Gasteiger partial charge in [0, 0.05) is 31.4 Å². The van der Waals surface area contributed by atoms with Crippen LogP contribution in [0, 0.1) is 0 Å². The minimum atomic E-state index is 0.398. The third-order valence-electron chi connectivity index (χ3n) is 4.23. The van der Waals surface area contributed by atoms with E-state index in [1.165, 1.54) is 25.0 Å². The van der Waals surface area contributed by atoms with Crippen molar-refractivity contribution >= 4 is 0 Å². The Morgan fingerprint density at radius 3 is 2.78 bits per heavy atom. The Labute approximate surface area is 110 Å². The molecular formula is C14H26N4. The third kappa shape index (κ3) is 2.75. The zero-order valence-electron chi connectivity index (χ0n) is 11.9. The molecule has 0 aliphatic heterocycles. The average molecular weight is 250 g/mol. The lowest BCUT2D eigenvalue weighted by Crippen LogP contribution is -2.56. The summed E-state index contributed by atoms with van der Waals surface area (Å²) in [6.07, 6.45) is 7.05. The lowest BCUT2D eigenvalue weighted by molar-refractivity contribution is 0.0596. The van der Waals surface area contributed by atoms with Crippen molar-refractivity contribution in [3.63, 3.8) is 0 Å². The molecule has 102 valence electrons. The van der Waals surface area contributed by atoms with Gasteiger partial charge in [-0.25, -0.2) is 0 Å². The van der Waals surface area contributed by atoms with Crippen LogP contribution in [0.15, 0.2) is 12.3 Å². The van der Waals surface area contributed by atoms with Gasteiger partial charge in [0.25, 0.3) is 0 Å². The summed E-state index contributed by atoms with van der Waals surface area (Å²) in [5.74, 6) is 0. The molecule has 1 aromatic heterocycles. The van der Waals surface area contributed by atoms with Crippen LogP contribution in [0.2, 0.25) is 0 Å². The third-order valence-corrected chi connectivity index (χ3v) is 4.23. The Hall–Kier alpha value is -0.870. The number of likely N-dealkylation sites (N-methyl/N-ethyl adjacent to an activating group) is 1. The van der Waals surface area contributed by atoms with Crippen molar-refractivity contribution in [1.29, 1.82) is 0 Å². The molecule has 1 heterocycles. The van der Waals surface area contributed by atoms with Gasteiger partial charge in [-0.1, -0.05) is 6.92 Å². The van der Waals surface area contributed by atoms with Crippen molar-refractivity contribution in [3.05, 3.63) is 18.0 Å². The van der Waals surface area contributed by atoms with Crippen molar-refractivity contribution in [2.24, 2.45) is 0 Å². The van der Waals surface area contributed by atoms with E-state index in [2.05, 4.69) is 47.1 Å². The van der Waals surface area contributed by atoms with Gasteiger partial charge < -0.3 is 10.2 Å². The number of aryl methyl sites for hydroxylation is 1. The summed E-state index contributed by atoms with van der Waals surface area (Å²) in [5, 5.41) is 7.96. The molecule has 4 nitrogen and oxygen atoms in total. The molecule has 0 spiro atoms. The summed E-state index contributed by atoms with van der Waals surface area (Å²) in [6.45, 7) is 5.21. The Morgan fingerprint density at radius 2 is 2.22 bits per heavy atom. The van der Waals surface area contributed by atoms with Gasteiger partial charge in [0.15, 0.2) is 0 Å². The zero-order chi connectivity index (χ0) is 13.0. The van der Waals surface area contributed by atoms with Gasteiger partial charge in [0.1, 0.15) is 0 Å². The van der Waals surface area contributed by atoms with E-state index in [1.807, 2.05) is 6.20 Å². The van der Waals surface area contributed by atoms with Crippen molar-refractivity contribution < 1.29 is 0 Å². The fourth-order valence-corrected chi connectivity index (χ4v) is 2.71. The first-order valence-corrected chi connectivity index (χ1v) is 7.07. The van der Waals surface area contributed by atoms with Crippen LogP contribution in [0.5, 0.6) is 0 Å². The molecule has 1 N–H and O–H groups in total. The second-order valence-electron chi connectivity index (χ2n) is 5.62. The largest absolute Gasteiger partial charge is 0.309 e. The Balaban J connectivity index is 1.82. The molecule has 4 heteroatoms. The summed E-state index contributed by atoms with van der Waals surface area (Å²) in [6, 6.07) is 2.12. The first-order chi connectivity index (χ1) is 8.68. The fraction of sp³-hybridized carbons (Fsp3) is 0.786. The van der Waals surface area contributed by atoms with E-state index in [4.69, 9.17) is 0 Å². The molecular weight excluding hydrogens is 224 g/mol. The summed E-state index contributed by atoms with van der Waals surface area (Å²) in [5.41, 5.74) is 1.69. The number of aromatic nitrogens is 2. The molecule has 1 aliphatic carbocycles. The smallest absolute Gasteiger partial charge is 0.0522 e. The second-order valence-corrected chi connectivity index (χ2v) is 5.62. The quantitative estimate of drug-likeness (QED) is 0.802. The van der Waals surface area contributed by atoms with Gasteiger partial charge in [0.05, 0.1) is 5.69 Å². The highest BCUT2D eigenvalue weighted by Crippen LogP contribution is 2.35. The molecule has 2 rings (SSSR count). The second kappa shape index (κ2) is 5.85. The molecule has 0 unspecified atom stereocenters. The van der Waals surface area contributed by atoms with Gasteiger partial charge in [0.2, 0.25) is 0 Å². The summed E-state index contributed by atoms with van der Waals surface area (Å²) < 4.78 is 2.11. The number of nitrogens with zero attached hydrogens (tertiary/aromatic N) is 3. The highest BCUT2D eigenvalue weighted by atomic mass is 15.3. The van der Waals surface area contributed by atoms with Crippen LogP contribution in [0.3, 0.4) is 0 Å². The Morgan fingerprint density at radius 1 is 1.44 bits per heavy atom. The van der Waals surface area contributed by atoms with E-state index in [-0.39, 0.29) is 0 Å². The van der Waals surface area contributed by atoms with E-state index in [1.54, 1.807) is 0 Å². The van der Waals surface area contributed by atoms with Gasteiger partial charge in [-0.3, -0.25) is 4.68 Å². The van der Waals surface area contributed by atoms with E-state index in [0.717, 1.165) is 26.1 Å². The van der Waals surface area contributed by atoms with Crippen molar-refractivity contribution in [3.8, 4) is 0 Å². The van der Waals surface area contributed by atoms with Crippen molar-refractivity contribution in [2.45, 2.75) is 51.2 Å². The predicted octanol–water partition coefficient (Wildman–Crippen LogP) is 1.87. The predicted molar refractivity (Wildman–Crippen MR) is 74.5 cm³/mol. The summed E-state index contributed by atoms with van der Waals surface area (Å²) >= 11 is 0. The zero-order valence-corrected chi connectivity index (χ0v) is 11.9. The fourth-order valence-electron chi connectivity index (χ4n) is 2.71. The van der Waals surface area contributed by atoms with Gasteiger partial charge in [-0.15, -0.1) is 0 Å². The highest BCUT2D eigenvalue weighted by molar-refractivity contribution is 5.02. The van der Waals surface area contributed by atoms with Gasteiger partial charge >= 0.3 is 0 Å². The monoisotopic (exact) mass is 250 g/mol. The van der Waals surface area contributed by atoms with Crippen molar-refractivity contribution in [2.75, 3.05) is 20.6 Å². The summed E-state index contributed by atoms with van der Waals surface area (Å²) in [4.78, 5) is 2.38. The first kappa shape index (κ1) is 13.6. The first-order valence-electron chi connectivity index (χ1n) is 7.07. The van der Waals surface area contributed by atoms with Crippen LogP contribution in [0.1, 0.15) is 38.3 Å². The normalized spacial score (nSPS) is 18.0. The molecule has 0 bridgehead atoms. The lowest BCUT2D eigenvalue weighted by atomic mass is 9.75. The Kier molecular flexibility index (Phi) is 4.40. The van der Waals surface area contributed by atoms with Crippen molar-refractivity contribution in [1.82, 2.24) is 20.0 Å². The van der Waals surface area contributed by atoms with Crippen LogP contribution in [0.25, 0.3) is 0 Å². The number of hydrogen-bond acceptors (Lipinski definition) is 3. The maximum Gasteiger partial charge on any atom is 0.0522 e. The van der Waals surface area contributed by atoms with Crippen LogP contribution < -0.4 is 5.32 Å². The molecule has 0 saturated heterocycles. The lowest BCUT2D eigenvalue weighted by Gasteiger charge is -2.47. The van der Waals surface area contributed by atoms with Gasteiger partial charge in [-0.05, 0) is 45.8 Å². The number of nitrogens with one attached hydrogen (secondary N) is 1. The number of hydrogen-bond donors (Lipinski definition) is 1. The standard InChI is InChI=1S/C14H26N4/c1-4-10-18-13(6-9-16-18)11-15-12-14(17(2)3)7-5-8-14/h6,9,15H,4-5,7-8,10-12H2,1-3H3. The highest BCUT2D eigenvalue weighted by Gasteiger charge is 2.38. The Bertz CT molecular complexity index is 366. The van der Waals surface area contributed by atoms with E-state index < -0.39 is 0 Å². The minimum absolute atomic E-state index is 0.398. The van der Waals surface area contributed by atoms with Crippen LogP contribution in [0.4, 0.5) is 0 Å². The summed E-state index contributed by atoms with van der Waals surface area (Å²) in [7, 11) is 4.39. The molecule has 1 saturated carbocycles. The van der Waals surface area contributed by atoms with Crippen LogP contribution in [-0.2, 0) is 13.1 Å². The van der Waals surface area contributed by atoms with E-state index in [9.17, 15) is 0 Å². The molecule has 18 heavy (non-hydrogen) atoms. The maximum atomic E-state index is 4.36. The molecule has 0 atom stereocenters. The van der Waals surface area contributed by atoms with E-state index >= 15 is 0 Å². The van der Waals surface area contributed by atoms with Crippen LogP contribution >= 0.6 is 0 Å². The number of rotatable bonds is 7. The molecule has 1 fully saturated rings.